The molecule has 198 valence electrons. The van der Waals surface area contributed by atoms with E-state index in [1.807, 2.05) is 11.9 Å². The number of piperidine rings is 1. The Morgan fingerprint density at radius 3 is 2.35 bits per heavy atom. The zero-order chi connectivity index (χ0) is 24.2. The molecule has 1 aliphatic heterocycles. The molecule has 2 aliphatic carbocycles. The number of hydrogen-bond acceptors (Lipinski definition) is 4. The normalized spacial score (nSPS) is 25.6. The highest BCUT2D eigenvalue weighted by Gasteiger charge is 2.45. The maximum atomic E-state index is 13.4. The zero-order valence-corrected chi connectivity index (χ0v) is 22.2. The highest BCUT2D eigenvalue weighted by atomic mass is 16.5. The van der Waals surface area contributed by atoms with Crippen LogP contribution in [0, 0.1) is 17.8 Å². The third-order valence-electron chi connectivity index (χ3n) is 9.02. The van der Waals surface area contributed by atoms with Gasteiger partial charge in [-0.1, -0.05) is 51.4 Å². The summed E-state index contributed by atoms with van der Waals surface area (Å²) in [5, 5.41) is 18.8. The van der Waals surface area contributed by atoms with Gasteiger partial charge in [0.1, 0.15) is 0 Å². The van der Waals surface area contributed by atoms with E-state index < -0.39 is 5.60 Å². The van der Waals surface area contributed by atoms with Crippen LogP contribution in [-0.2, 0) is 4.74 Å². The van der Waals surface area contributed by atoms with Gasteiger partial charge in [-0.25, -0.2) is 4.79 Å². The van der Waals surface area contributed by atoms with E-state index >= 15 is 0 Å². The van der Waals surface area contributed by atoms with Gasteiger partial charge < -0.3 is 25.4 Å². The van der Waals surface area contributed by atoms with E-state index in [0.29, 0.717) is 12.5 Å². The molecule has 1 unspecified atom stereocenters. The van der Waals surface area contributed by atoms with Crippen LogP contribution < -0.4 is 10.6 Å². The number of likely N-dealkylation sites (N-methyl/N-ethyl adjacent to an activating group) is 1. The van der Waals surface area contributed by atoms with E-state index in [2.05, 4.69) is 10.6 Å². The molecular formula is C28H53N3O3. The molecule has 3 fully saturated rings. The maximum absolute atomic E-state index is 13.4. The lowest BCUT2D eigenvalue weighted by Gasteiger charge is -2.48. The van der Waals surface area contributed by atoms with Crippen LogP contribution in [-0.4, -0.2) is 68.1 Å². The molecule has 0 spiro atoms. The van der Waals surface area contributed by atoms with Crippen LogP contribution in [0.1, 0.15) is 103 Å². The number of amides is 2. The number of nitrogens with zero attached hydrogens (tertiary/aromatic N) is 1. The number of likely N-dealkylation sites (tertiary alicyclic amines) is 1. The van der Waals surface area contributed by atoms with E-state index in [-0.39, 0.29) is 18.0 Å². The quantitative estimate of drug-likeness (QED) is 0.341. The Kier molecular flexibility index (Phi) is 11.9. The highest BCUT2D eigenvalue weighted by Crippen LogP contribution is 2.43. The fourth-order valence-electron chi connectivity index (χ4n) is 7.10. The number of aliphatic hydroxyl groups is 1. The maximum Gasteiger partial charge on any atom is 0.317 e. The van der Waals surface area contributed by atoms with Crippen LogP contribution in [0.3, 0.4) is 0 Å². The predicted molar refractivity (Wildman–Crippen MR) is 139 cm³/mol. The molecule has 1 heterocycles. The molecule has 3 aliphatic rings. The van der Waals surface area contributed by atoms with Crippen molar-refractivity contribution in [2.24, 2.45) is 17.8 Å². The first kappa shape index (κ1) is 27.7. The zero-order valence-electron chi connectivity index (χ0n) is 22.2. The van der Waals surface area contributed by atoms with Crippen molar-refractivity contribution in [3.63, 3.8) is 0 Å². The summed E-state index contributed by atoms with van der Waals surface area (Å²) in [5.74, 6) is 1.30. The fourth-order valence-corrected chi connectivity index (χ4v) is 7.10. The number of carbonyl (C=O) groups excluding carboxylic acids is 1. The summed E-state index contributed by atoms with van der Waals surface area (Å²) < 4.78 is 5.26. The van der Waals surface area contributed by atoms with Crippen LogP contribution in [0.5, 0.6) is 0 Å². The van der Waals surface area contributed by atoms with Crippen molar-refractivity contribution in [1.82, 2.24) is 15.5 Å². The lowest BCUT2D eigenvalue weighted by Crippen LogP contribution is -2.56. The summed E-state index contributed by atoms with van der Waals surface area (Å²) in [6.07, 6.45) is 18.6. The second kappa shape index (κ2) is 14.6. The van der Waals surface area contributed by atoms with Crippen LogP contribution in [0.25, 0.3) is 0 Å². The van der Waals surface area contributed by atoms with Crippen LogP contribution in [0.15, 0.2) is 0 Å². The standard InChI is InChI=1S/C28H53N3O3/c1-29-21-26(20-23-12-5-3-6-13-23)30-27(32)31-18-11-16-25(22-31)28(33,17-9-10-19-34-2)24-14-7-4-8-15-24/h23-26,29,33H,3-22H2,1-2H3,(H,30,32)/t25-,26?,28+/m1/s1. The Hall–Kier alpha value is -0.850. The minimum atomic E-state index is -0.653. The number of rotatable bonds is 12. The van der Waals surface area contributed by atoms with Gasteiger partial charge >= 0.3 is 6.03 Å². The smallest absolute Gasteiger partial charge is 0.317 e. The average Bonchev–Trinajstić information content (AvgIpc) is 2.88. The number of urea groups is 1. The first-order valence-electron chi connectivity index (χ1n) is 14.5. The van der Waals surface area contributed by atoms with Gasteiger partial charge in [-0.2, -0.15) is 0 Å². The molecule has 2 amide bonds. The van der Waals surface area contributed by atoms with Crippen LogP contribution in [0.2, 0.25) is 0 Å². The van der Waals surface area contributed by atoms with Crippen molar-refractivity contribution in [2.45, 2.75) is 114 Å². The average molecular weight is 480 g/mol. The molecule has 0 aromatic rings. The topological polar surface area (TPSA) is 73.8 Å². The summed E-state index contributed by atoms with van der Waals surface area (Å²) >= 11 is 0. The Labute approximate surface area is 209 Å². The summed E-state index contributed by atoms with van der Waals surface area (Å²) in [5.41, 5.74) is -0.653. The number of unbranched alkanes of at least 4 members (excludes halogenated alkanes) is 1. The molecule has 2 saturated carbocycles. The third-order valence-corrected chi connectivity index (χ3v) is 9.02. The van der Waals surface area contributed by atoms with E-state index in [1.165, 1.54) is 51.4 Å². The van der Waals surface area contributed by atoms with E-state index in [0.717, 1.165) is 77.0 Å². The molecule has 0 bridgehead atoms. The summed E-state index contributed by atoms with van der Waals surface area (Å²) in [6.45, 7) is 3.08. The van der Waals surface area contributed by atoms with Gasteiger partial charge in [-0.15, -0.1) is 0 Å². The summed E-state index contributed by atoms with van der Waals surface area (Å²) in [7, 11) is 3.73. The Balaban J connectivity index is 1.60. The van der Waals surface area contributed by atoms with Crippen molar-refractivity contribution < 1.29 is 14.6 Å². The molecule has 6 nitrogen and oxygen atoms in total. The van der Waals surface area contributed by atoms with Crippen molar-refractivity contribution in [3.8, 4) is 0 Å². The number of methoxy groups -OCH3 is 1. The van der Waals surface area contributed by atoms with Gasteiger partial charge in [-0.05, 0) is 70.3 Å². The van der Waals surface area contributed by atoms with Gasteiger partial charge in [0.2, 0.25) is 0 Å². The fraction of sp³-hybridized carbons (Fsp3) is 0.964. The number of carbonyl (C=O) groups is 1. The lowest BCUT2D eigenvalue weighted by molar-refractivity contribution is -0.104. The van der Waals surface area contributed by atoms with Crippen molar-refractivity contribution in [2.75, 3.05) is 40.4 Å². The molecule has 3 rings (SSSR count). The number of nitrogens with one attached hydrogen (secondary N) is 2. The molecule has 0 radical (unpaired) electrons. The summed E-state index contributed by atoms with van der Waals surface area (Å²) in [6, 6.07) is 0.262. The molecule has 0 aromatic carbocycles. The second-order valence-electron chi connectivity index (χ2n) is 11.5. The highest BCUT2D eigenvalue weighted by molar-refractivity contribution is 5.74. The SMILES string of the molecule is CNCC(CC1CCCCC1)NC(=O)N1CCC[C@@H]([C@](O)(CCCCOC)C2CCCCC2)C1. The first-order valence-corrected chi connectivity index (χ1v) is 14.5. The molecule has 3 N–H and O–H groups in total. The van der Waals surface area contributed by atoms with E-state index in [4.69, 9.17) is 4.74 Å². The van der Waals surface area contributed by atoms with Crippen molar-refractivity contribution >= 4 is 6.03 Å². The van der Waals surface area contributed by atoms with Gasteiger partial charge in [0, 0.05) is 45.3 Å². The molecular weight excluding hydrogens is 426 g/mol. The molecule has 34 heavy (non-hydrogen) atoms. The van der Waals surface area contributed by atoms with Crippen LogP contribution in [0.4, 0.5) is 4.79 Å². The number of hydrogen-bond donors (Lipinski definition) is 3. The monoisotopic (exact) mass is 479 g/mol. The molecule has 0 aromatic heterocycles. The summed E-state index contributed by atoms with van der Waals surface area (Å²) in [4.78, 5) is 15.4. The van der Waals surface area contributed by atoms with Gasteiger partial charge in [0.15, 0.2) is 0 Å². The predicted octanol–water partition coefficient (Wildman–Crippen LogP) is 5.09. The van der Waals surface area contributed by atoms with Crippen LogP contribution >= 0.6 is 0 Å². The second-order valence-corrected chi connectivity index (χ2v) is 11.5. The van der Waals surface area contributed by atoms with E-state index in [1.54, 1.807) is 7.11 Å². The lowest BCUT2D eigenvalue weighted by atomic mass is 9.66. The van der Waals surface area contributed by atoms with Gasteiger partial charge in [0.05, 0.1) is 5.60 Å². The molecule has 1 saturated heterocycles. The van der Waals surface area contributed by atoms with E-state index in [9.17, 15) is 9.90 Å². The minimum Gasteiger partial charge on any atom is -0.389 e. The molecule has 3 atom stereocenters. The van der Waals surface area contributed by atoms with Crippen molar-refractivity contribution in [3.05, 3.63) is 0 Å². The third kappa shape index (κ3) is 8.09. The first-order chi connectivity index (χ1) is 16.6. The minimum absolute atomic E-state index is 0.0751. The van der Waals surface area contributed by atoms with Crippen molar-refractivity contribution in [1.29, 1.82) is 0 Å². The Morgan fingerprint density at radius 1 is 1.00 bits per heavy atom. The van der Waals surface area contributed by atoms with Gasteiger partial charge in [-0.3, -0.25) is 0 Å². The molecule has 6 heteroatoms. The van der Waals surface area contributed by atoms with Gasteiger partial charge in [0.25, 0.3) is 0 Å². The Bertz CT molecular complexity index is 577. The number of ether oxygens (including phenoxy) is 1. The largest absolute Gasteiger partial charge is 0.389 e. The Morgan fingerprint density at radius 2 is 1.68 bits per heavy atom.